The van der Waals surface area contributed by atoms with E-state index in [1.165, 1.54) is 0 Å². The van der Waals surface area contributed by atoms with Crippen LogP contribution >= 0.6 is 0 Å². The van der Waals surface area contributed by atoms with E-state index in [9.17, 15) is 15.0 Å². The third kappa shape index (κ3) is 4.59. The van der Waals surface area contributed by atoms with E-state index >= 15 is 0 Å². The SMILES string of the molecule is [N-]=[N+]=NCCC(O)C(O)c1ccccc1CC(=O)O. The number of benzene rings is 1. The van der Waals surface area contributed by atoms with Gasteiger partial charge in [-0.05, 0) is 23.1 Å². The van der Waals surface area contributed by atoms with Crippen molar-refractivity contribution in [3.8, 4) is 0 Å². The maximum atomic E-state index is 10.7. The number of aliphatic carboxylic acids is 1. The van der Waals surface area contributed by atoms with E-state index in [1.807, 2.05) is 0 Å². The average molecular weight is 265 g/mol. The standard InChI is InChI=1S/C12H15N3O4/c13-15-14-6-5-10(16)12(19)9-4-2-1-3-8(9)7-11(17)18/h1-4,10,12,16,19H,5-7H2,(H,17,18). The summed E-state index contributed by atoms with van der Waals surface area (Å²) in [5.74, 6) is -1.01. The minimum Gasteiger partial charge on any atom is -0.481 e. The van der Waals surface area contributed by atoms with Gasteiger partial charge in [-0.1, -0.05) is 29.4 Å². The van der Waals surface area contributed by atoms with Gasteiger partial charge in [0.15, 0.2) is 0 Å². The van der Waals surface area contributed by atoms with Gasteiger partial charge in [0.05, 0.1) is 12.5 Å². The Bertz CT molecular complexity index is 486. The van der Waals surface area contributed by atoms with Crippen LogP contribution in [0.4, 0.5) is 0 Å². The Morgan fingerprint density at radius 1 is 1.37 bits per heavy atom. The average Bonchev–Trinajstić information content (AvgIpc) is 2.38. The van der Waals surface area contributed by atoms with Crippen molar-refractivity contribution in [1.29, 1.82) is 0 Å². The zero-order valence-electron chi connectivity index (χ0n) is 10.2. The molecule has 7 nitrogen and oxygen atoms in total. The first-order valence-corrected chi connectivity index (χ1v) is 5.73. The highest BCUT2D eigenvalue weighted by atomic mass is 16.4. The summed E-state index contributed by atoms with van der Waals surface area (Å²) in [5.41, 5.74) is 8.95. The van der Waals surface area contributed by atoms with Crippen molar-refractivity contribution < 1.29 is 20.1 Å². The molecule has 1 aromatic rings. The number of nitrogens with zero attached hydrogens (tertiary/aromatic N) is 3. The lowest BCUT2D eigenvalue weighted by atomic mass is 9.95. The first-order valence-electron chi connectivity index (χ1n) is 5.73. The van der Waals surface area contributed by atoms with Crippen molar-refractivity contribution in [3.05, 3.63) is 45.8 Å². The van der Waals surface area contributed by atoms with Crippen molar-refractivity contribution in [2.45, 2.75) is 25.0 Å². The molecule has 19 heavy (non-hydrogen) atoms. The van der Waals surface area contributed by atoms with E-state index in [0.29, 0.717) is 11.1 Å². The van der Waals surface area contributed by atoms with Gasteiger partial charge in [-0.25, -0.2) is 0 Å². The van der Waals surface area contributed by atoms with Crippen molar-refractivity contribution in [3.63, 3.8) is 0 Å². The zero-order chi connectivity index (χ0) is 14.3. The third-order valence-electron chi connectivity index (χ3n) is 2.67. The van der Waals surface area contributed by atoms with Crippen LogP contribution in [0.15, 0.2) is 29.4 Å². The minimum absolute atomic E-state index is 0.0653. The molecule has 0 radical (unpaired) electrons. The summed E-state index contributed by atoms with van der Waals surface area (Å²) >= 11 is 0. The molecule has 0 aromatic heterocycles. The number of hydrogen-bond donors (Lipinski definition) is 3. The molecular formula is C12H15N3O4. The molecule has 1 aromatic carbocycles. The molecule has 0 bridgehead atoms. The molecule has 0 aliphatic heterocycles. The number of azide groups is 1. The van der Waals surface area contributed by atoms with Gasteiger partial charge >= 0.3 is 5.97 Å². The van der Waals surface area contributed by atoms with Gasteiger partial charge in [0.2, 0.25) is 0 Å². The molecule has 102 valence electrons. The molecule has 0 saturated carbocycles. The van der Waals surface area contributed by atoms with Crippen LogP contribution in [0.25, 0.3) is 10.4 Å². The van der Waals surface area contributed by atoms with Gasteiger partial charge in [0.1, 0.15) is 6.10 Å². The lowest BCUT2D eigenvalue weighted by Crippen LogP contribution is -2.21. The van der Waals surface area contributed by atoms with Gasteiger partial charge in [-0.15, -0.1) is 0 Å². The quantitative estimate of drug-likeness (QED) is 0.391. The number of carboxylic acid groups (broad SMARTS) is 1. The third-order valence-corrected chi connectivity index (χ3v) is 2.67. The Labute approximate surface area is 109 Å². The van der Waals surface area contributed by atoms with Gasteiger partial charge in [-0.2, -0.15) is 0 Å². The van der Waals surface area contributed by atoms with Gasteiger partial charge in [0.25, 0.3) is 0 Å². The first kappa shape index (κ1) is 15.0. The number of rotatable bonds is 7. The van der Waals surface area contributed by atoms with Crippen LogP contribution in [0.3, 0.4) is 0 Å². The normalized spacial score (nSPS) is 13.4. The van der Waals surface area contributed by atoms with E-state index in [0.717, 1.165) is 0 Å². The largest absolute Gasteiger partial charge is 0.481 e. The summed E-state index contributed by atoms with van der Waals surface area (Å²) in [4.78, 5) is 13.3. The second-order valence-electron chi connectivity index (χ2n) is 4.02. The summed E-state index contributed by atoms with van der Waals surface area (Å²) in [7, 11) is 0. The molecule has 1 rings (SSSR count). The molecule has 0 aliphatic rings. The van der Waals surface area contributed by atoms with Gasteiger partial charge < -0.3 is 15.3 Å². The predicted octanol–water partition coefficient (Wildman–Crippen LogP) is 1.41. The molecule has 0 fully saturated rings. The predicted molar refractivity (Wildman–Crippen MR) is 67.4 cm³/mol. The van der Waals surface area contributed by atoms with Crippen LogP contribution in [0, 0.1) is 0 Å². The number of carboxylic acids is 1. The van der Waals surface area contributed by atoms with Crippen molar-refractivity contribution >= 4 is 5.97 Å². The van der Waals surface area contributed by atoms with Crippen LogP contribution in [-0.2, 0) is 11.2 Å². The highest BCUT2D eigenvalue weighted by molar-refractivity contribution is 5.70. The molecule has 0 spiro atoms. The summed E-state index contributed by atoms with van der Waals surface area (Å²) < 4.78 is 0. The number of aliphatic hydroxyl groups excluding tert-OH is 2. The van der Waals surface area contributed by atoms with E-state index in [1.54, 1.807) is 24.3 Å². The van der Waals surface area contributed by atoms with Crippen LogP contribution < -0.4 is 0 Å². The van der Waals surface area contributed by atoms with E-state index in [2.05, 4.69) is 10.0 Å². The second-order valence-corrected chi connectivity index (χ2v) is 4.02. The zero-order valence-corrected chi connectivity index (χ0v) is 10.2. The number of hydrogen-bond acceptors (Lipinski definition) is 4. The summed E-state index contributed by atoms with van der Waals surface area (Å²) in [6, 6.07) is 6.48. The molecule has 2 unspecified atom stereocenters. The summed E-state index contributed by atoms with van der Waals surface area (Å²) in [5, 5.41) is 31.8. The van der Waals surface area contributed by atoms with Gasteiger partial charge in [0, 0.05) is 11.5 Å². The summed E-state index contributed by atoms with van der Waals surface area (Å²) in [6.07, 6.45) is -2.44. The highest BCUT2D eigenvalue weighted by Gasteiger charge is 2.21. The fraction of sp³-hybridized carbons (Fsp3) is 0.417. The van der Waals surface area contributed by atoms with E-state index in [4.69, 9.17) is 10.6 Å². The molecule has 7 heteroatoms. The Balaban J connectivity index is 2.82. The van der Waals surface area contributed by atoms with Crippen molar-refractivity contribution in [2.24, 2.45) is 5.11 Å². The van der Waals surface area contributed by atoms with Gasteiger partial charge in [-0.3, -0.25) is 4.79 Å². The lowest BCUT2D eigenvalue weighted by molar-refractivity contribution is -0.136. The van der Waals surface area contributed by atoms with Crippen LogP contribution in [0.5, 0.6) is 0 Å². The molecule has 0 heterocycles. The van der Waals surface area contributed by atoms with E-state index < -0.39 is 18.2 Å². The van der Waals surface area contributed by atoms with Crippen LogP contribution in [-0.4, -0.2) is 33.9 Å². The molecular weight excluding hydrogens is 250 g/mol. The lowest BCUT2D eigenvalue weighted by Gasteiger charge is -2.19. The van der Waals surface area contributed by atoms with Crippen molar-refractivity contribution in [1.82, 2.24) is 0 Å². The Morgan fingerprint density at radius 2 is 2.05 bits per heavy atom. The maximum Gasteiger partial charge on any atom is 0.307 e. The topological polar surface area (TPSA) is 127 Å². The fourth-order valence-electron chi connectivity index (χ4n) is 1.75. The number of carbonyl (C=O) groups is 1. The fourth-order valence-corrected chi connectivity index (χ4v) is 1.75. The molecule has 0 amide bonds. The molecule has 2 atom stereocenters. The smallest absolute Gasteiger partial charge is 0.307 e. The van der Waals surface area contributed by atoms with Crippen molar-refractivity contribution in [2.75, 3.05) is 6.54 Å². The minimum atomic E-state index is -1.20. The molecule has 0 aliphatic carbocycles. The van der Waals surface area contributed by atoms with Crippen LogP contribution in [0.1, 0.15) is 23.7 Å². The Kier molecular flexibility index (Phi) is 5.81. The Morgan fingerprint density at radius 3 is 2.68 bits per heavy atom. The summed E-state index contributed by atoms with van der Waals surface area (Å²) in [6.45, 7) is 0.0653. The first-order chi connectivity index (χ1) is 9.06. The Hall–Kier alpha value is -2.08. The number of aliphatic hydroxyl groups is 2. The monoisotopic (exact) mass is 265 g/mol. The second kappa shape index (κ2) is 7.38. The molecule has 3 N–H and O–H groups in total. The maximum absolute atomic E-state index is 10.7. The van der Waals surface area contributed by atoms with E-state index in [-0.39, 0.29) is 19.4 Å². The molecule has 0 saturated heterocycles. The highest BCUT2D eigenvalue weighted by Crippen LogP contribution is 2.23. The van der Waals surface area contributed by atoms with Crippen LogP contribution in [0.2, 0.25) is 0 Å².